The summed E-state index contributed by atoms with van der Waals surface area (Å²) in [7, 11) is 0. The first-order valence-electron chi connectivity index (χ1n) is 8.29. The van der Waals surface area contributed by atoms with Crippen LogP contribution >= 0.6 is 11.6 Å². The van der Waals surface area contributed by atoms with Crippen LogP contribution in [-0.2, 0) is 12.0 Å². The molecule has 1 aliphatic rings. The second-order valence-electron chi connectivity index (χ2n) is 6.64. The minimum Gasteiger partial charge on any atom is -0.337 e. The van der Waals surface area contributed by atoms with E-state index in [0.717, 1.165) is 34.7 Å². The van der Waals surface area contributed by atoms with Gasteiger partial charge in [-0.2, -0.15) is 0 Å². The Morgan fingerprint density at radius 1 is 1.32 bits per heavy atom. The average Bonchev–Trinajstić information content (AvgIpc) is 3.04. The van der Waals surface area contributed by atoms with Crippen molar-refractivity contribution in [3.63, 3.8) is 0 Å². The summed E-state index contributed by atoms with van der Waals surface area (Å²) in [5.74, 6) is 7.03. The molecule has 0 amide bonds. The topological polar surface area (TPSA) is 60.0 Å². The van der Waals surface area contributed by atoms with Gasteiger partial charge in [0.05, 0.1) is 29.5 Å². The van der Waals surface area contributed by atoms with Crippen LogP contribution in [0.25, 0.3) is 11.0 Å². The van der Waals surface area contributed by atoms with Gasteiger partial charge in [0.15, 0.2) is 0 Å². The number of benzene rings is 1. The molecule has 6 heteroatoms. The van der Waals surface area contributed by atoms with E-state index in [2.05, 4.69) is 41.4 Å². The lowest BCUT2D eigenvalue weighted by atomic mass is 9.80. The standard InChI is InChI=1S/C19H20ClN5/c1-4-19(3)12(2)24(17-10-22-8-7-14(17)19)11-18-23-15-6-5-13(20)9-16(15)25(18)21/h5-10H,2,4,11,21H2,1,3H3. The number of halogens is 1. The van der Waals surface area contributed by atoms with Crippen molar-refractivity contribution in [1.29, 1.82) is 0 Å². The number of fused-ring (bicyclic) bond motifs is 2. The van der Waals surface area contributed by atoms with E-state index in [-0.39, 0.29) is 5.41 Å². The SMILES string of the molecule is C=C1N(Cc2nc3ccc(Cl)cc3n2N)c2cnccc2C1(C)CC. The second kappa shape index (κ2) is 5.49. The van der Waals surface area contributed by atoms with Crippen molar-refractivity contribution in [3.05, 3.63) is 65.3 Å². The summed E-state index contributed by atoms with van der Waals surface area (Å²) in [4.78, 5) is 11.1. The molecule has 1 aliphatic heterocycles. The smallest absolute Gasteiger partial charge is 0.148 e. The first-order valence-corrected chi connectivity index (χ1v) is 8.67. The molecule has 1 aromatic carbocycles. The number of hydrogen-bond donors (Lipinski definition) is 1. The zero-order valence-electron chi connectivity index (χ0n) is 14.3. The molecule has 0 saturated heterocycles. The van der Waals surface area contributed by atoms with E-state index >= 15 is 0 Å². The van der Waals surface area contributed by atoms with Crippen molar-refractivity contribution in [2.24, 2.45) is 0 Å². The normalized spacial score (nSPS) is 19.6. The molecule has 2 aromatic heterocycles. The molecule has 0 radical (unpaired) electrons. The van der Waals surface area contributed by atoms with Crippen LogP contribution in [0.4, 0.5) is 5.69 Å². The van der Waals surface area contributed by atoms with Crippen LogP contribution in [0.15, 0.2) is 48.9 Å². The third-order valence-electron chi connectivity index (χ3n) is 5.38. The van der Waals surface area contributed by atoms with Gasteiger partial charge >= 0.3 is 0 Å². The van der Waals surface area contributed by atoms with Gasteiger partial charge in [-0.3, -0.25) is 4.98 Å². The lowest BCUT2D eigenvalue weighted by Gasteiger charge is -2.28. The van der Waals surface area contributed by atoms with Crippen molar-refractivity contribution in [2.75, 3.05) is 10.7 Å². The van der Waals surface area contributed by atoms with Crippen LogP contribution in [0, 0.1) is 0 Å². The predicted molar refractivity (Wildman–Crippen MR) is 102 cm³/mol. The Labute approximate surface area is 151 Å². The molecule has 0 bridgehead atoms. The number of hydrogen-bond acceptors (Lipinski definition) is 4. The average molecular weight is 354 g/mol. The molecule has 0 fully saturated rings. The zero-order chi connectivity index (χ0) is 17.8. The number of nitrogens with two attached hydrogens (primary N) is 1. The van der Waals surface area contributed by atoms with Crippen molar-refractivity contribution >= 4 is 28.3 Å². The summed E-state index contributed by atoms with van der Waals surface area (Å²) in [6.45, 7) is 9.31. The molecule has 0 aliphatic carbocycles. The van der Waals surface area contributed by atoms with E-state index < -0.39 is 0 Å². The molecule has 128 valence electrons. The minimum atomic E-state index is -0.104. The van der Waals surface area contributed by atoms with Crippen LogP contribution in [0.5, 0.6) is 0 Å². The largest absolute Gasteiger partial charge is 0.337 e. The minimum absolute atomic E-state index is 0.104. The van der Waals surface area contributed by atoms with Gasteiger partial charge in [-0.15, -0.1) is 0 Å². The molecule has 0 saturated carbocycles. The first-order chi connectivity index (χ1) is 12.0. The maximum Gasteiger partial charge on any atom is 0.148 e. The Morgan fingerprint density at radius 2 is 2.12 bits per heavy atom. The van der Waals surface area contributed by atoms with Crippen molar-refractivity contribution < 1.29 is 0 Å². The van der Waals surface area contributed by atoms with Crippen LogP contribution in [0.2, 0.25) is 5.02 Å². The Hall–Kier alpha value is -2.53. The van der Waals surface area contributed by atoms with E-state index in [1.165, 1.54) is 5.56 Å². The van der Waals surface area contributed by atoms with Crippen molar-refractivity contribution in [3.8, 4) is 0 Å². The summed E-state index contributed by atoms with van der Waals surface area (Å²) in [6.07, 6.45) is 4.69. The first kappa shape index (κ1) is 16.0. The Balaban J connectivity index is 1.79. The third kappa shape index (κ3) is 2.23. The number of aromatic nitrogens is 3. The Bertz CT molecular complexity index is 993. The molecule has 2 N–H and O–H groups in total. The summed E-state index contributed by atoms with van der Waals surface area (Å²) >= 11 is 6.09. The number of allylic oxidation sites excluding steroid dienone is 1. The highest BCUT2D eigenvalue weighted by atomic mass is 35.5. The summed E-state index contributed by atoms with van der Waals surface area (Å²) < 4.78 is 1.60. The third-order valence-corrected chi connectivity index (χ3v) is 5.61. The van der Waals surface area contributed by atoms with Crippen molar-refractivity contribution in [2.45, 2.75) is 32.2 Å². The highest BCUT2D eigenvalue weighted by Crippen LogP contribution is 2.49. The fourth-order valence-corrected chi connectivity index (χ4v) is 3.78. The summed E-state index contributed by atoms with van der Waals surface area (Å²) in [6, 6.07) is 7.62. The highest BCUT2D eigenvalue weighted by Gasteiger charge is 2.41. The van der Waals surface area contributed by atoms with Gasteiger partial charge in [0.1, 0.15) is 5.82 Å². The molecule has 0 spiro atoms. The van der Waals surface area contributed by atoms with Crippen LogP contribution in [-0.4, -0.2) is 14.6 Å². The van der Waals surface area contributed by atoms with Crippen LogP contribution in [0.3, 0.4) is 0 Å². The summed E-state index contributed by atoms with van der Waals surface area (Å²) in [5, 5.41) is 0.643. The zero-order valence-corrected chi connectivity index (χ0v) is 15.1. The number of nitrogens with zero attached hydrogens (tertiary/aromatic N) is 4. The molecule has 25 heavy (non-hydrogen) atoms. The lowest BCUT2D eigenvalue weighted by molar-refractivity contribution is 0.545. The van der Waals surface area contributed by atoms with Gasteiger partial charge in [0, 0.05) is 22.3 Å². The quantitative estimate of drug-likeness (QED) is 0.723. The number of nitrogen functional groups attached to an aromatic ring is 1. The number of imidazole rings is 1. The van der Waals surface area contributed by atoms with Crippen LogP contribution < -0.4 is 10.7 Å². The van der Waals surface area contributed by atoms with Gasteiger partial charge in [-0.1, -0.05) is 25.1 Å². The molecule has 3 heterocycles. The molecular weight excluding hydrogens is 334 g/mol. The maximum atomic E-state index is 6.28. The van der Waals surface area contributed by atoms with E-state index in [4.69, 9.17) is 17.4 Å². The number of anilines is 1. The number of rotatable bonds is 3. The lowest BCUT2D eigenvalue weighted by Crippen LogP contribution is -2.28. The van der Waals surface area contributed by atoms with Gasteiger partial charge in [0.2, 0.25) is 0 Å². The maximum absolute atomic E-state index is 6.28. The van der Waals surface area contributed by atoms with E-state index in [1.54, 1.807) is 4.68 Å². The fraction of sp³-hybridized carbons (Fsp3) is 0.263. The van der Waals surface area contributed by atoms with Gasteiger partial charge in [-0.25, -0.2) is 9.66 Å². The molecule has 4 rings (SSSR count). The van der Waals surface area contributed by atoms with E-state index in [1.807, 2.05) is 30.6 Å². The highest BCUT2D eigenvalue weighted by molar-refractivity contribution is 6.31. The monoisotopic (exact) mass is 353 g/mol. The Kier molecular flexibility index (Phi) is 3.51. The molecular formula is C19H20ClN5. The van der Waals surface area contributed by atoms with Crippen molar-refractivity contribution in [1.82, 2.24) is 14.6 Å². The number of pyridine rings is 1. The van der Waals surface area contributed by atoms with Crippen LogP contribution in [0.1, 0.15) is 31.7 Å². The fourth-order valence-electron chi connectivity index (χ4n) is 3.61. The van der Waals surface area contributed by atoms with Gasteiger partial charge in [0.25, 0.3) is 0 Å². The predicted octanol–water partition coefficient (Wildman–Crippen LogP) is 4.00. The van der Waals surface area contributed by atoms with Gasteiger partial charge in [-0.05, 0) is 43.2 Å². The van der Waals surface area contributed by atoms with E-state index in [9.17, 15) is 0 Å². The molecule has 5 nitrogen and oxygen atoms in total. The van der Waals surface area contributed by atoms with Gasteiger partial charge < -0.3 is 10.7 Å². The molecule has 1 atom stereocenters. The molecule has 1 unspecified atom stereocenters. The van der Waals surface area contributed by atoms with E-state index in [0.29, 0.717) is 11.6 Å². The summed E-state index contributed by atoms with van der Waals surface area (Å²) in [5.41, 5.74) is 4.91. The molecule has 3 aromatic rings. The second-order valence-corrected chi connectivity index (χ2v) is 7.08. The Morgan fingerprint density at radius 3 is 2.88 bits per heavy atom.